The van der Waals surface area contributed by atoms with Crippen LogP contribution in [-0.2, 0) is 16.0 Å². The number of halogens is 1. The molecule has 1 fully saturated rings. The number of amides is 2. The molecule has 7 heteroatoms. The predicted molar refractivity (Wildman–Crippen MR) is 118 cm³/mol. The van der Waals surface area contributed by atoms with E-state index in [1.54, 1.807) is 24.3 Å². The number of likely N-dealkylation sites (N-methyl/N-ethyl adjacent to an activating group) is 1. The average Bonchev–Trinajstić information content (AvgIpc) is 2.74. The highest BCUT2D eigenvalue weighted by Crippen LogP contribution is 2.17. The second kappa shape index (κ2) is 10.3. The lowest BCUT2D eigenvalue weighted by Gasteiger charge is -2.34. The minimum absolute atomic E-state index is 0.451. The molecule has 154 valence electrons. The molecule has 0 atom stereocenters. The molecule has 0 bridgehead atoms. The van der Waals surface area contributed by atoms with Gasteiger partial charge in [-0.15, -0.1) is 0 Å². The van der Waals surface area contributed by atoms with Gasteiger partial charge in [-0.25, -0.2) is 0 Å². The van der Waals surface area contributed by atoms with E-state index in [-0.39, 0.29) is 0 Å². The van der Waals surface area contributed by atoms with Crippen molar-refractivity contribution in [3.8, 4) is 0 Å². The maximum Gasteiger partial charge on any atom is 0.313 e. The van der Waals surface area contributed by atoms with Gasteiger partial charge in [0.05, 0.1) is 0 Å². The molecule has 0 radical (unpaired) electrons. The van der Waals surface area contributed by atoms with E-state index in [4.69, 9.17) is 11.6 Å². The van der Waals surface area contributed by atoms with E-state index in [9.17, 15) is 9.59 Å². The van der Waals surface area contributed by atoms with Crippen molar-refractivity contribution in [2.45, 2.75) is 12.8 Å². The Morgan fingerprint density at radius 1 is 0.931 bits per heavy atom. The summed E-state index contributed by atoms with van der Waals surface area (Å²) in [4.78, 5) is 28.6. The normalized spacial score (nSPS) is 14.5. The number of aryl methyl sites for hydroxylation is 1. The zero-order valence-corrected chi connectivity index (χ0v) is 17.4. The van der Waals surface area contributed by atoms with Crippen LogP contribution in [0, 0.1) is 0 Å². The quantitative estimate of drug-likeness (QED) is 0.563. The molecule has 0 aromatic heterocycles. The molecule has 2 aromatic carbocycles. The van der Waals surface area contributed by atoms with E-state index in [1.165, 1.54) is 11.3 Å². The highest BCUT2D eigenvalue weighted by Gasteiger charge is 2.14. The predicted octanol–water partition coefficient (Wildman–Crippen LogP) is 2.78. The third-order valence-electron chi connectivity index (χ3n) is 5.04. The van der Waals surface area contributed by atoms with Crippen molar-refractivity contribution in [3.05, 3.63) is 59.1 Å². The summed E-state index contributed by atoms with van der Waals surface area (Å²) in [5.74, 6) is -1.31. The van der Waals surface area contributed by atoms with E-state index < -0.39 is 11.8 Å². The van der Waals surface area contributed by atoms with Crippen LogP contribution in [0.15, 0.2) is 48.5 Å². The highest BCUT2D eigenvalue weighted by atomic mass is 35.5. The summed E-state index contributed by atoms with van der Waals surface area (Å²) >= 11 is 5.80. The van der Waals surface area contributed by atoms with Crippen molar-refractivity contribution in [1.82, 2.24) is 10.2 Å². The topological polar surface area (TPSA) is 64.7 Å². The Hall–Kier alpha value is -2.57. The van der Waals surface area contributed by atoms with Crippen LogP contribution in [0.3, 0.4) is 0 Å². The fourth-order valence-corrected chi connectivity index (χ4v) is 3.36. The number of benzene rings is 2. The fraction of sp³-hybridized carbons (Fsp3) is 0.364. The van der Waals surface area contributed by atoms with Crippen molar-refractivity contribution in [1.29, 1.82) is 0 Å². The van der Waals surface area contributed by atoms with E-state index in [0.29, 0.717) is 17.3 Å². The molecule has 0 saturated carbocycles. The van der Waals surface area contributed by atoms with Crippen molar-refractivity contribution >= 4 is 34.8 Å². The van der Waals surface area contributed by atoms with E-state index in [1.807, 2.05) is 0 Å². The maximum absolute atomic E-state index is 11.9. The molecule has 2 N–H and O–H groups in total. The number of rotatable bonds is 6. The van der Waals surface area contributed by atoms with E-state index in [2.05, 4.69) is 51.7 Å². The van der Waals surface area contributed by atoms with Gasteiger partial charge in [-0.3, -0.25) is 9.59 Å². The van der Waals surface area contributed by atoms with Crippen LogP contribution in [0.1, 0.15) is 12.0 Å². The number of carbonyl (C=O) groups excluding carboxylic acids is 2. The molecule has 29 heavy (non-hydrogen) atoms. The summed E-state index contributed by atoms with van der Waals surface area (Å²) in [6, 6.07) is 15.2. The van der Waals surface area contributed by atoms with Gasteiger partial charge >= 0.3 is 11.8 Å². The largest absolute Gasteiger partial charge is 0.369 e. The standard InChI is InChI=1S/C22H27ClN4O2/c1-26-13-15-27(16-14-26)20-10-4-17(5-11-20)3-2-12-24-21(28)22(29)25-19-8-6-18(23)7-9-19/h4-11H,2-3,12-16H2,1H3,(H,24,28)(H,25,29). The second-order valence-electron chi connectivity index (χ2n) is 7.28. The van der Waals surface area contributed by atoms with Gasteiger partial charge in [0.2, 0.25) is 0 Å². The van der Waals surface area contributed by atoms with Crippen LogP contribution in [0.25, 0.3) is 0 Å². The van der Waals surface area contributed by atoms with Crippen LogP contribution in [0.4, 0.5) is 11.4 Å². The molecule has 1 aliphatic heterocycles. The van der Waals surface area contributed by atoms with Crippen LogP contribution < -0.4 is 15.5 Å². The number of nitrogens with zero attached hydrogens (tertiary/aromatic N) is 2. The molecule has 3 rings (SSSR count). The molecule has 1 saturated heterocycles. The van der Waals surface area contributed by atoms with Gasteiger partial charge in [0, 0.05) is 49.1 Å². The Balaban J connectivity index is 1.37. The Bertz CT molecular complexity index is 816. The van der Waals surface area contributed by atoms with Crippen LogP contribution >= 0.6 is 11.6 Å². The van der Waals surface area contributed by atoms with Gasteiger partial charge < -0.3 is 20.4 Å². The lowest BCUT2D eigenvalue weighted by Crippen LogP contribution is -2.44. The molecule has 0 aliphatic carbocycles. The number of anilines is 2. The van der Waals surface area contributed by atoms with Gasteiger partial charge in [-0.2, -0.15) is 0 Å². The van der Waals surface area contributed by atoms with Crippen molar-refractivity contribution in [3.63, 3.8) is 0 Å². The summed E-state index contributed by atoms with van der Waals surface area (Å²) in [5.41, 5.74) is 3.02. The summed E-state index contributed by atoms with van der Waals surface area (Å²) in [6.07, 6.45) is 1.62. The number of carbonyl (C=O) groups is 2. The Morgan fingerprint density at radius 3 is 2.24 bits per heavy atom. The monoisotopic (exact) mass is 414 g/mol. The second-order valence-corrected chi connectivity index (χ2v) is 7.71. The minimum atomic E-state index is -0.677. The third-order valence-corrected chi connectivity index (χ3v) is 5.29. The smallest absolute Gasteiger partial charge is 0.313 e. The summed E-state index contributed by atoms with van der Waals surface area (Å²) < 4.78 is 0. The Labute approximate surface area is 176 Å². The van der Waals surface area contributed by atoms with E-state index >= 15 is 0 Å². The number of hydrogen-bond donors (Lipinski definition) is 2. The first-order chi connectivity index (χ1) is 14.0. The molecule has 2 amide bonds. The SMILES string of the molecule is CN1CCN(c2ccc(CCCNC(=O)C(=O)Nc3ccc(Cl)cc3)cc2)CC1. The summed E-state index contributed by atoms with van der Waals surface area (Å²) in [7, 11) is 2.15. The molecule has 2 aromatic rings. The van der Waals surface area contributed by atoms with Gasteiger partial charge in [-0.05, 0) is 61.9 Å². The Morgan fingerprint density at radius 2 is 1.59 bits per heavy atom. The molecule has 1 aliphatic rings. The molecule has 6 nitrogen and oxygen atoms in total. The molecular formula is C22H27ClN4O2. The zero-order valence-electron chi connectivity index (χ0n) is 16.7. The first kappa shape index (κ1) is 21.1. The van der Waals surface area contributed by atoms with E-state index in [0.717, 1.165) is 39.0 Å². The molecule has 0 spiro atoms. The van der Waals surface area contributed by atoms with Crippen molar-refractivity contribution in [2.24, 2.45) is 0 Å². The fourth-order valence-electron chi connectivity index (χ4n) is 3.23. The van der Waals surface area contributed by atoms with Crippen LogP contribution in [0.5, 0.6) is 0 Å². The highest BCUT2D eigenvalue weighted by molar-refractivity contribution is 6.39. The maximum atomic E-state index is 11.9. The lowest BCUT2D eigenvalue weighted by molar-refractivity contribution is -0.136. The van der Waals surface area contributed by atoms with Gasteiger partial charge in [0.25, 0.3) is 0 Å². The van der Waals surface area contributed by atoms with Gasteiger partial charge in [0.15, 0.2) is 0 Å². The zero-order chi connectivity index (χ0) is 20.6. The number of nitrogens with one attached hydrogen (secondary N) is 2. The first-order valence-corrected chi connectivity index (χ1v) is 10.3. The minimum Gasteiger partial charge on any atom is -0.369 e. The first-order valence-electron chi connectivity index (χ1n) is 9.88. The summed E-state index contributed by atoms with van der Waals surface area (Å²) in [6.45, 7) is 4.74. The lowest BCUT2D eigenvalue weighted by atomic mass is 10.1. The van der Waals surface area contributed by atoms with Crippen molar-refractivity contribution < 1.29 is 9.59 Å². The Kier molecular flexibility index (Phi) is 7.49. The molecule has 1 heterocycles. The molecule has 0 unspecified atom stereocenters. The van der Waals surface area contributed by atoms with Crippen LogP contribution in [0.2, 0.25) is 5.02 Å². The van der Waals surface area contributed by atoms with Gasteiger partial charge in [0.1, 0.15) is 0 Å². The molecular weight excluding hydrogens is 388 g/mol. The number of piperazine rings is 1. The van der Waals surface area contributed by atoms with Gasteiger partial charge in [-0.1, -0.05) is 23.7 Å². The average molecular weight is 415 g/mol. The van der Waals surface area contributed by atoms with Crippen molar-refractivity contribution in [2.75, 3.05) is 50.0 Å². The third kappa shape index (κ3) is 6.48. The van der Waals surface area contributed by atoms with Crippen LogP contribution in [-0.4, -0.2) is 56.5 Å². The number of hydrogen-bond acceptors (Lipinski definition) is 4. The summed E-state index contributed by atoms with van der Waals surface area (Å²) in [5, 5.41) is 5.79.